The molecule has 1 N–H and O–H groups in total. The van der Waals surface area contributed by atoms with Crippen molar-refractivity contribution in [2.24, 2.45) is 0 Å². The largest absolute Gasteiger partial charge is 0.508 e. The van der Waals surface area contributed by atoms with Gasteiger partial charge < -0.3 is 24.1 Å². The topological polar surface area (TPSA) is 60.5 Å². The molecule has 1 aliphatic rings. The first-order valence-corrected chi connectivity index (χ1v) is 7.41. The van der Waals surface area contributed by atoms with Crippen molar-refractivity contribution in [1.82, 2.24) is 0 Å². The van der Waals surface area contributed by atoms with Crippen molar-refractivity contribution in [3.63, 3.8) is 0 Å². The second-order valence-corrected chi connectivity index (χ2v) is 4.89. The van der Waals surface area contributed by atoms with Crippen LogP contribution in [0.1, 0.15) is 31.7 Å². The highest BCUT2D eigenvalue weighted by molar-refractivity contribution is 5.27. The van der Waals surface area contributed by atoms with Gasteiger partial charge in [-0.2, -0.15) is 0 Å². The number of phenols is 1. The third-order valence-electron chi connectivity index (χ3n) is 3.02. The number of rotatable bonds is 9. The standard InChI is InChI=1S/C12H16O3.C9H12O2/c1-13-7-6-10-2-4-11(5-3-10)14-8-12-9-15-12;1-11-7-6-8-2-4-9(10)5-3-8/h2-5,12H,6-9H2,1H3;2-5,10H,6-7H2,1H3/i1D3,7D2,8D2,9D2,12D;1D3,7D2. The minimum absolute atomic E-state index is 0.0241. The van der Waals surface area contributed by atoms with Gasteiger partial charge in [0.15, 0.2) is 0 Å². The van der Waals surface area contributed by atoms with Crippen molar-refractivity contribution < 1.29 is 44.6 Å². The van der Waals surface area contributed by atoms with E-state index in [0.717, 1.165) is 0 Å². The van der Waals surface area contributed by atoms with Gasteiger partial charge in [-0.1, -0.05) is 24.3 Å². The highest BCUT2D eigenvalue weighted by atomic mass is 16.6. The summed E-state index contributed by atoms with van der Waals surface area (Å²) in [4.78, 5) is 0. The van der Waals surface area contributed by atoms with E-state index in [-0.39, 0.29) is 24.3 Å². The molecule has 2 aromatic carbocycles. The fraction of sp³-hybridized carbons (Fsp3) is 0.429. The van der Waals surface area contributed by atoms with E-state index in [1.54, 1.807) is 0 Å². The molecule has 1 aliphatic heterocycles. The maximum absolute atomic E-state index is 9.03. The van der Waals surface area contributed by atoms with Gasteiger partial charge in [0, 0.05) is 14.1 Å². The lowest BCUT2D eigenvalue weighted by atomic mass is 10.1. The number of benzene rings is 2. The molecule has 26 heavy (non-hydrogen) atoms. The Morgan fingerprint density at radius 3 is 2.12 bits per heavy atom. The summed E-state index contributed by atoms with van der Waals surface area (Å²) in [5.74, 6) is 0.0463. The first kappa shape index (κ1) is 7.89. The zero-order chi connectivity index (χ0) is 31.7. The Balaban J connectivity index is 0.000000317. The summed E-state index contributed by atoms with van der Waals surface area (Å²) in [7, 11) is -5.64. The fourth-order valence-electron chi connectivity index (χ4n) is 1.70. The van der Waals surface area contributed by atoms with Crippen molar-refractivity contribution in [3.05, 3.63) is 59.7 Å². The second-order valence-electron chi connectivity index (χ2n) is 4.89. The van der Waals surface area contributed by atoms with Crippen LogP contribution < -0.4 is 4.74 Å². The lowest BCUT2D eigenvalue weighted by Gasteiger charge is -2.05. The van der Waals surface area contributed by atoms with Crippen LogP contribution in [0.15, 0.2) is 48.5 Å². The molecule has 142 valence electrons. The molecule has 5 heteroatoms. The van der Waals surface area contributed by atoms with Gasteiger partial charge in [-0.15, -0.1) is 0 Å². The predicted molar refractivity (Wildman–Crippen MR) is 101 cm³/mol. The molecule has 1 fully saturated rings. The fourth-order valence-corrected chi connectivity index (χ4v) is 1.70. The van der Waals surface area contributed by atoms with E-state index < -0.39 is 46.4 Å². The number of hydrogen-bond acceptors (Lipinski definition) is 5. The van der Waals surface area contributed by atoms with E-state index in [1.165, 1.54) is 48.5 Å². The van der Waals surface area contributed by atoms with Crippen LogP contribution in [0.3, 0.4) is 0 Å². The molecule has 0 aliphatic carbocycles. The Labute approximate surface area is 176 Å². The van der Waals surface area contributed by atoms with E-state index in [4.69, 9.17) is 30.4 Å². The molecule has 0 saturated carbocycles. The van der Waals surface area contributed by atoms with E-state index in [0.29, 0.717) is 11.1 Å². The molecule has 1 saturated heterocycles. The Bertz CT molecular complexity index is 1150. The first-order chi connectivity index (χ1) is 18.3. The molecule has 2 aromatic rings. The summed E-state index contributed by atoms with van der Waals surface area (Å²) in [6.07, 6.45) is -3.03. The van der Waals surface area contributed by atoms with Crippen molar-refractivity contribution in [2.75, 3.05) is 40.3 Å². The van der Waals surface area contributed by atoms with Crippen molar-refractivity contribution in [1.29, 1.82) is 0 Å². The average molecular weight is 376 g/mol. The molecule has 0 amide bonds. The molecule has 1 heterocycles. The lowest BCUT2D eigenvalue weighted by molar-refractivity contribution is 0.202. The molecule has 0 bridgehead atoms. The molecule has 5 nitrogen and oxygen atoms in total. The third kappa shape index (κ3) is 8.34. The number of epoxide rings is 1. The zero-order valence-electron chi connectivity index (χ0n) is 28.6. The van der Waals surface area contributed by atoms with E-state index in [1.807, 2.05) is 0 Å². The van der Waals surface area contributed by atoms with Gasteiger partial charge >= 0.3 is 0 Å². The number of phenolic OH excluding ortho intramolecular Hbond substituents is 1. The van der Waals surface area contributed by atoms with Gasteiger partial charge in [-0.25, -0.2) is 0 Å². The summed E-state index contributed by atoms with van der Waals surface area (Å²) in [6.45, 7) is -9.90. The molecular formula is C21H28O5. The van der Waals surface area contributed by atoms with Crippen LogP contribution in [0.4, 0.5) is 0 Å². The Morgan fingerprint density at radius 2 is 1.62 bits per heavy atom. The van der Waals surface area contributed by atoms with Gasteiger partial charge in [0.05, 0.1) is 40.2 Å². The normalized spacial score (nSPS) is 31.0. The third-order valence-corrected chi connectivity index (χ3v) is 3.02. The minimum Gasteiger partial charge on any atom is -0.508 e. The molecule has 1 unspecified atom stereocenters. The minimum atomic E-state index is -2.88. The number of aryl methyl sites for hydroxylation is 2. The summed E-state index contributed by atoms with van der Waals surface area (Å²) in [5.41, 5.74) is 0.924. The van der Waals surface area contributed by atoms with Gasteiger partial charge in [-0.3, -0.25) is 0 Å². The smallest absolute Gasteiger partial charge is 0.119 e. The van der Waals surface area contributed by atoms with Gasteiger partial charge in [-0.05, 0) is 48.2 Å². The second kappa shape index (κ2) is 11.5. The van der Waals surface area contributed by atoms with Crippen LogP contribution in [0.2, 0.25) is 0 Å². The highest BCUT2D eigenvalue weighted by Crippen LogP contribution is 2.16. The Morgan fingerprint density at radius 1 is 1.08 bits per heavy atom. The van der Waals surface area contributed by atoms with Gasteiger partial charge in [0.2, 0.25) is 0 Å². The Kier molecular flexibility index (Phi) is 3.49. The monoisotopic (exact) mass is 375 g/mol. The molecule has 0 radical (unpaired) electrons. The zero-order valence-corrected chi connectivity index (χ0v) is 13.6. The molecular weight excluding hydrogens is 332 g/mol. The van der Waals surface area contributed by atoms with Crippen molar-refractivity contribution >= 4 is 0 Å². The maximum Gasteiger partial charge on any atom is 0.119 e. The predicted octanol–water partition coefficient (Wildman–Crippen LogP) is 3.23. The number of aromatic hydroxyl groups is 1. The SMILES string of the molecule is [2H]C([2H])([2H])OC([2H])([2H])Cc1ccc(O)cc1.[2H]C([2H])([2H])OC([2H])([2H])Cc1ccc(OC([2H])([2H])C2([2H])OC2([2H])[2H])cc1. The summed E-state index contributed by atoms with van der Waals surface area (Å²) in [5, 5.41) is 9.03. The highest BCUT2D eigenvalue weighted by Gasteiger charge is 2.22. The van der Waals surface area contributed by atoms with Crippen molar-refractivity contribution in [2.45, 2.75) is 18.9 Å². The summed E-state index contributed by atoms with van der Waals surface area (Å²) >= 11 is 0. The van der Waals surface area contributed by atoms with Crippen LogP contribution in [0.5, 0.6) is 11.5 Å². The van der Waals surface area contributed by atoms with Gasteiger partial charge in [0.1, 0.15) is 24.1 Å². The van der Waals surface area contributed by atoms with Crippen LogP contribution in [0, 0.1) is 0 Å². The van der Waals surface area contributed by atoms with Gasteiger partial charge in [0.25, 0.3) is 0 Å². The molecule has 0 aromatic heterocycles. The lowest BCUT2D eigenvalue weighted by Crippen LogP contribution is -2.04. The Hall–Kier alpha value is -2.08. The van der Waals surface area contributed by atoms with E-state index in [2.05, 4.69) is 14.2 Å². The van der Waals surface area contributed by atoms with Crippen LogP contribution >= 0.6 is 0 Å². The van der Waals surface area contributed by atoms with Crippen LogP contribution in [0.25, 0.3) is 0 Å². The summed E-state index contributed by atoms with van der Waals surface area (Å²) < 4.78 is 127. The summed E-state index contributed by atoms with van der Waals surface area (Å²) in [6, 6.07) is 11.2. The molecule has 3 rings (SSSR count). The van der Waals surface area contributed by atoms with E-state index >= 15 is 0 Å². The van der Waals surface area contributed by atoms with E-state index in [9.17, 15) is 0 Å². The number of hydrogen-bond donors (Lipinski definition) is 1. The average Bonchev–Trinajstić information content (AvgIpc) is 3.27. The first-order valence-electron chi connectivity index (χ1n) is 14.9. The maximum atomic E-state index is 9.03. The number of ether oxygens (including phenoxy) is 4. The molecule has 0 spiro atoms. The number of methoxy groups -OCH3 is 2. The van der Waals surface area contributed by atoms with Crippen LogP contribution in [-0.4, -0.2) is 51.5 Å². The molecule has 1 atom stereocenters. The van der Waals surface area contributed by atoms with Crippen LogP contribution in [-0.2, 0) is 27.1 Å². The van der Waals surface area contributed by atoms with Crippen molar-refractivity contribution in [3.8, 4) is 11.5 Å². The quantitative estimate of drug-likeness (QED) is 0.682.